The summed E-state index contributed by atoms with van der Waals surface area (Å²) in [5.41, 5.74) is 0.901. The third-order valence-electron chi connectivity index (χ3n) is 2.57. The van der Waals surface area contributed by atoms with Crippen LogP contribution in [0.15, 0.2) is 24.3 Å². The molecule has 108 valence electrons. The van der Waals surface area contributed by atoms with Crippen molar-refractivity contribution in [3.8, 4) is 0 Å². The smallest absolute Gasteiger partial charge is 0.321 e. The van der Waals surface area contributed by atoms with Crippen molar-refractivity contribution in [1.82, 2.24) is 10.3 Å². The highest BCUT2D eigenvalue weighted by atomic mass is 32.1. The standard InChI is InChI=1S/C14H19N3O2S/c1-10(2)19-9-5-8-15-13(18)17-14-16-11-6-3-4-7-12(11)20-14/h3-4,6-7,10H,5,8-9H2,1-2H3,(H2,15,16,17,18). The maximum Gasteiger partial charge on any atom is 0.321 e. The zero-order valence-electron chi connectivity index (χ0n) is 11.7. The van der Waals surface area contributed by atoms with Gasteiger partial charge in [-0.15, -0.1) is 0 Å². The summed E-state index contributed by atoms with van der Waals surface area (Å²) < 4.78 is 6.46. The third kappa shape index (κ3) is 4.47. The number of rotatable bonds is 6. The fraction of sp³-hybridized carbons (Fsp3) is 0.429. The van der Waals surface area contributed by atoms with Gasteiger partial charge in [0, 0.05) is 13.2 Å². The number of fused-ring (bicyclic) bond motifs is 1. The second-order valence-electron chi connectivity index (χ2n) is 4.64. The molecular formula is C14H19N3O2S. The Morgan fingerprint density at radius 3 is 2.95 bits per heavy atom. The van der Waals surface area contributed by atoms with Gasteiger partial charge in [-0.05, 0) is 32.4 Å². The van der Waals surface area contributed by atoms with Gasteiger partial charge in [-0.25, -0.2) is 9.78 Å². The van der Waals surface area contributed by atoms with Crippen molar-refractivity contribution in [3.63, 3.8) is 0 Å². The SMILES string of the molecule is CC(C)OCCCNC(=O)Nc1nc2ccccc2s1. The predicted octanol–water partition coefficient (Wildman–Crippen LogP) is 3.23. The van der Waals surface area contributed by atoms with Gasteiger partial charge in [-0.1, -0.05) is 23.5 Å². The van der Waals surface area contributed by atoms with Gasteiger partial charge in [-0.3, -0.25) is 5.32 Å². The molecule has 1 aromatic carbocycles. The molecule has 0 aliphatic carbocycles. The molecule has 0 aliphatic rings. The van der Waals surface area contributed by atoms with Gasteiger partial charge >= 0.3 is 6.03 Å². The summed E-state index contributed by atoms with van der Waals surface area (Å²) in [5, 5.41) is 6.15. The highest BCUT2D eigenvalue weighted by Crippen LogP contribution is 2.25. The molecule has 2 rings (SSSR count). The lowest BCUT2D eigenvalue weighted by Gasteiger charge is -2.08. The number of urea groups is 1. The first kappa shape index (κ1) is 14.7. The maximum absolute atomic E-state index is 11.7. The Bertz CT molecular complexity index is 535. The van der Waals surface area contributed by atoms with Crippen LogP contribution in [0.1, 0.15) is 20.3 Å². The Hall–Kier alpha value is -1.66. The van der Waals surface area contributed by atoms with Crippen LogP contribution >= 0.6 is 11.3 Å². The van der Waals surface area contributed by atoms with E-state index in [0.717, 1.165) is 16.6 Å². The molecule has 0 spiro atoms. The largest absolute Gasteiger partial charge is 0.379 e. The predicted molar refractivity (Wildman–Crippen MR) is 82.3 cm³/mol. The van der Waals surface area contributed by atoms with Crippen molar-refractivity contribution in [3.05, 3.63) is 24.3 Å². The quantitative estimate of drug-likeness (QED) is 0.804. The molecule has 0 fully saturated rings. The molecule has 1 heterocycles. The van der Waals surface area contributed by atoms with Crippen LogP contribution in [0.25, 0.3) is 10.2 Å². The average molecular weight is 293 g/mol. The highest BCUT2D eigenvalue weighted by molar-refractivity contribution is 7.22. The van der Waals surface area contributed by atoms with E-state index in [1.165, 1.54) is 11.3 Å². The number of nitrogens with one attached hydrogen (secondary N) is 2. The Labute approximate surface area is 122 Å². The van der Waals surface area contributed by atoms with Crippen LogP contribution in [-0.2, 0) is 4.74 Å². The Morgan fingerprint density at radius 2 is 2.20 bits per heavy atom. The number of amides is 2. The minimum absolute atomic E-state index is 0.228. The first-order valence-electron chi connectivity index (χ1n) is 6.67. The van der Waals surface area contributed by atoms with Crippen LogP contribution in [0.4, 0.5) is 9.93 Å². The van der Waals surface area contributed by atoms with E-state index in [1.807, 2.05) is 38.1 Å². The van der Waals surface area contributed by atoms with Crippen LogP contribution < -0.4 is 10.6 Å². The number of thiazole rings is 1. The van der Waals surface area contributed by atoms with E-state index >= 15 is 0 Å². The Kier molecular flexibility index (Phi) is 5.31. The number of nitrogens with zero attached hydrogens (tertiary/aromatic N) is 1. The van der Waals surface area contributed by atoms with E-state index in [2.05, 4.69) is 15.6 Å². The van der Waals surface area contributed by atoms with Crippen LogP contribution in [-0.4, -0.2) is 30.3 Å². The molecule has 0 unspecified atom stereocenters. The van der Waals surface area contributed by atoms with Crippen molar-refractivity contribution in [2.45, 2.75) is 26.4 Å². The normalized spacial score (nSPS) is 10.9. The lowest BCUT2D eigenvalue weighted by Crippen LogP contribution is -2.30. The van der Waals surface area contributed by atoms with Crippen molar-refractivity contribution in [1.29, 1.82) is 0 Å². The molecule has 5 nitrogen and oxygen atoms in total. The summed E-state index contributed by atoms with van der Waals surface area (Å²) in [6, 6.07) is 7.57. The molecule has 0 saturated carbocycles. The second-order valence-corrected chi connectivity index (χ2v) is 5.67. The number of hydrogen-bond acceptors (Lipinski definition) is 4. The van der Waals surface area contributed by atoms with E-state index in [4.69, 9.17) is 4.74 Å². The molecule has 20 heavy (non-hydrogen) atoms. The molecule has 2 N–H and O–H groups in total. The number of carbonyl (C=O) groups excluding carboxylic acids is 1. The number of aromatic nitrogens is 1. The molecule has 2 aromatic rings. The number of benzene rings is 1. The average Bonchev–Trinajstić information content (AvgIpc) is 2.79. The van der Waals surface area contributed by atoms with Gasteiger partial charge in [0.25, 0.3) is 0 Å². The van der Waals surface area contributed by atoms with E-state index in [1.54, 1.807) is 0 Å². The molecule has 0 aliphatic heterocycles. The summed E-state index contributed by atoms with van der Waals surface area (Å²) in [7, 11) is 0. The van der Waals surface area contributed by atoms with Crippen molar-refractivity contribution >= 4 is 32.7 Å². The lowest BCUT2D eigenvalue weighted by atomic mass is 10.3. The fourth-order valence-corrected chi connectivity index (χ4v) is 2.52. The van der Waals surface area contributed by atoms with Gasteiger partial charge in [0.1, 0.15) is 0 Å². The fourth-order valence-electron chi connectivity index (χ4n) is 1.66. The summed E-state index contributed by atoms with van der Waals surface area (Å²) in [5.74, 6) is 0. The van der Waals surface area contributed by atoms with E-state index in [9.17, 15) is 4.79 Å². The van der Waals surface area contributed by atoms with E-state index in [0.29, 0.717) is 18.3 Å². The van der Waals surface area contributed by atoms with Gasteiger partial charge in [0.15, 0.2) is 5.13 Å². The zero-order chi connectivity index (χ0) is 14.4. The van der Waals surface area contributed by atoms with Crippen molar-refractivity contribution in [2.24, 2.45) is 0 Å². The van der Waals surface area contributed by atoms with Crippen LogP contribution in [0.3, 0.4) is 0 Å². The van der Waals surface area contributed by atoms with Gasteiger partial charge in [0.05, 0.1) is 16.3 Å². The summed E-state index contributed by atoms with van der Waals surface area (Å²) in [4.78, 5) is 16.0. The van der Waals surface area contributed by atoms with Crippen LogP contribution in [0.5, 0.6) is 0 Å². The van der Waals surface area contributed by atoms with Crippen LogP contribution in [0.2, 0.25) is 0 Å². The van der Waals surface area contributed by atoms with Gasteiger partial charge < -0.3 is 10.1 Å². The third-order valence-corrected chi connectivity index (χ3v) is 3.52. The van der Waals surface area contributed by atoms with E-state index < -0.39 is 0 Å². The molecule has 6 heteroatoms. The molecule has 1 aromatic heterocycles. The van der Waals surface area contributed by atoms with Crippen molar-refractivity contribution < 1.29 is 9.53 Å². The summed E-state index contributed by atoms with van der Waals surface area (Å²) in [6.45, 7) is 5.23. The zero-order valence-corrected chi connectivity index (χ0v) is 12.5. The summed E-state index contributed by atoms with van der Waals surface area (Å²) in [6.07, 6.45) is 1.03. The second kappa shape index (κ2) is 7.21. The molecule has 0 bridgehead atoms. The lowest BCUT2D eigenvalue weighted by molar-refractivity contribution is 0.0775. The van der Waals surface area contributed by atoms with E-state index in [-0.39, 0.29) is 12.1 Å². The topological polar surface area (TPSA) is 63.2 Å². The summed E-state index contributed by atoms with van der Waals surface area (Å²) >= 11 is 1.47. The maximum atomic E-state index is 11.7. The molecule has 0 radical (unpaired) electrons. The molecule has 0 atom stereocenters. The Balaban J connectivity index is 1.74. The number of anilines is 1. The molecule has 0 saturated heterocycles. The first-order chi connectivity index (χ1) is 9.65. The first-order valence-corrected chi connectivity index (χ1v) is 7.49. The number of carbonyl (C=O) groups is 1. The Morgan fingerprint density at radius 1 is 1.40 bits per heavy atom. The van der Waals surface area contributed by atoms with Crippen LogP contribution in [0, 0.1) is 0 Å². The minimum atomic E-state index is -0.228. The number of hydrogen-bond donors (Lipinski definition) is 2. The van der Waals surface area contributed by atoms with Gasteiger partial charge in [0.2, 0.25) is 0 Å². The number of ether oxygens (including phenoxy) is 1. The van der Waals surface area contributed by atoms with Gasteiger partial charge in [-0.2, -0.15) is 0 Å². The minimum Gasteiger partial charge on any atom is -0.379 e. The monoisotopic (exact) mass is 293 g/mol. The molecule has 2 amide bonds. The number of para-hydroxylation sites is 1. The molecular weight excluding hydrogens is 274 g/mol. The highest BCUT2D eigenvalue weighted by Gasteiger charge is 2.06. The van der Waals surface area contributed by atoms with Crippen molar-refractivity contribution in [2.75, 3.05) is 18.5 Å².